The van der Waals surface area contributed by atoms with Crippen LogP contribution in [0.4, 0.5) is 4.39 Å². The molecule has 0 aliphatic heterocycles. The lowest BCUT2D eigenvalue weighted by Gasteiger charge is -2.06. The number of aryl methyl sites for hydroxylation is 4. The fraction of sp³-hybridized carbons (Fsp3) is 0.333. The molecule has 1 N–H and O–H groups in total. The Morgan fingerprint density at radius 2 is 2.12 bits per heavy atom. The van der Waals surface area contributed by atoms with Crippen molar-refractivity contribution in [1.29, 1.82) is 0 Å². The second-order valence-corrected chi connectivity index (χ2v) is 5.93. The minimum absolute atomic E-state index is 0.128. The molecule has 0 saturated carbocycles. The highest BCUT2D eigenvalue weighted by molar-refractivity contribution is 5.98. The summed E-state index contributed by atoms with van der Waals surface area (Å²) in [5.41, 5.74) is 2.86. The smallest absolute Gasteiger partial charge is 0.287 e. The SMILES string of the molecule is Cc1cc(C)n(CCCNC(=O)c2oc3c(F)cccc3c2C)n1. The third-order valence-electron chi connectivity index (χ3n) is 4.06. The molecule has 0 radical (unpaired) electrons. The number of nitrogens with one attached hydrogen (secondary N) is 1. The van der Waals surface area contributed by atoms with Gasteiger partial charge in [0, 0.05) is 29.7 Å². The van der Waals surface area contributed by atoms with Crippen molar-refractivity contribution >= 4 is 16.9 Å². The first-order valence-corrected chi connectivity index (χ1v) is 7.94. The zero-order valence-electron chi connectivity index (χ0n) is 14.0. The molecule has 0 fully saturated rings. The van der Waals surface area contributed by atoms with Crippen LogP contribution < -0.4 is 5.32 Å². The Labute approximate surface area is 139 Å². The van der Waals surface area contributed by atoms with Crippen LogP contribution in [0.25, 0.3) is 11.0 Å². The number of amides is 1. The van der Waals surface area contributed by atoms with E-state index in [1.807, 2.05) is 24.6 Å². The predicted octanol–water partition coefficient (Wildman–Crippen LogP) is 3.51. The highest BCUT2D eigenvalue weighted by Crippen LogP contribution is 2.27. The summed E-state index contributed by atoms with van der Waals surface area (Å²) in [6, 6.07) is 6.69. The number of fused-ring (bicyclic) bond motifs is 1. The largest absolute Gasteiger partial charge is 0.448 e. The Morgan fingerprint density at radius 1 is 1.33 bits per heavy atom. The van der Waals surface area contributed by atoms with Gasteiger partial charge in [0.2, 0.25) is 0 Å². The summed E-state index contributed by atoms with van der Waals surface area (Å²) in [5, 5.41) is 7.83. The average Bonchev–Trinajstić information content (AvgIpc) is 3.04. The van der Waals surface area contributed by atoms with E-state index in [1.165, 1.54) is 6.07 Å². The third-order valence-corrected chi connectivity index (χ3v) is 4.06. The highest BCUT2D eigenvalue weighted by atomic mass is 19.1. The fourth-order valence-electron chi connectivity index (χ4n) is 2.84. The lowest BCUT2D eigenvalue weighted by molar-refractivity contribution is 0.0926. The standard InChI is InChI=1S/C18H20FN3O2/c1-11-10-12(2)22(21-11)9-5-8-20-18(23)16-13(3)14-6-4-7-15(19)17(14)24-16/h4,6-7,10H,5,8-9H2,1-3H3,(H,20,23). The maximum absolute atomic E-state index is 13.7. The van der Waals surface area contributed by atoms with Gasteiger partial charge in [-0.25, -0.2) is 4.39 Å². The monoisotopic (exact) mass is 329 g/mol. The molecular weight excluding hydrogens is 309 g/mol. The number of carbonyl (C=O) groups is 1. The van der Waals surface area contributed by atoms with E-state index in [0.29, 0.717) is 17.5 Å². The van der Waals surface area contributed by atoms with Crippen molar-refractivity contribution in [3.05, 3.63) is 52.8 Å². The molecule has 0 aliphatic carbocycles. The molecule has 3 aromatic rings. The molecule has 2 heterocycles. The van der Waals surface area contributed by atoms with Crippen molar-refractivity contribution in [3.63, 3.8) is 0 Å². The first-order valence-electron chi connectivity index (χ1n) is 7.94. The predicted molar refractivity (Wildman–Crippen MR) is 89.6 cm³/mol. The van der Waals surface area contributed by atoms with Crippen molar-refractivity contribution in [2.24, 2.45) is 0 Å². The minimum Gasteiger partial charge on any atom is -0.448 e. The van der Waals surface area contributed by atoms with Crippen molar-refractivity contribution in [1.82, 2.24) is 15.1 Å². The summed E-state index contributed by atoms with van der Waals surface area (Å²) >= 11 is 0. The number of nitrogens with zero attached hydrogens (tertiary/aromatic N) is 2. The molecule has 1 amide bonds. The first-order chi connectivity index (χ1) is 11.5. The molecule has 0 unspecified atom stereocenters. The van der Waals surface area contributed by atoms with Crippen LogP contribution in [0.15, 0.2) is 28.7 Å². The van der Waals surface area contributed by atoms with Crippen molar-refractivity contribution < 1.29 is 13.6 Å². The van der Waals surface area contributed by atoms with Gasteiger partial charge >= 0.3 is 0 Å². The van der Waals surface area contributed by atoms with Crippen LogP contribution in [0, 0.1) is 26.6 Å². The Morgan fingerprint density at radius 3 is 2.79 bits per heavy atom. The molecule has 24 heavy (non-hydrogen) atoms. The molecule has 0 saturated heterocycles. The Balaban J connectivity index is 1.62. The zero-order chi connectivity index (χ0) is 17.3. The molecule has 6 heteroatoms. The van der Waals surface area contributed by atoms with Crippen molar-refractivity contribution in [2.75, 3.05) is 6.54 Å². The Hall–Kier alpha value is -2.63. The topological polar surface area (TPSA) is 60.1 Å². The lowest BCUT2D eigenvalue weighted by atomic mass is 10.1. The number of hydrogen-bond acceptors (Lipinski definition) is 3. The second kappa shape index (κ2) is 6.47. The molecule has 0 aliphatic rings. The van der Waals surface area contributed by atoms with Crippen LogP contribution in [0.3, 0.4) is 0 Å². The van der Waals surface area contributed by atoms with Crippen LogP contribution in [-0.2, 0) is 6.54 Å². The maximum atomic E-state index is 13.7. The van der Waals surface area contributed by atoms with E-state index in [-0.39, 0.29) is 17.3 Å². The summed E-state index contributed by atoms with van der Waals surface area (Å²) in [4.78, 5) is 12.3. The summed E-state index contributed by atoms with van der Waals surface area (Å²) in [6.45, 7) is 6.94. The van der Waals surface area contributed by atoms with Crippen molar-refractivity contribution in [3.8, 4) is 0 Å². The van der Waals surface area contributed by atoms with Gasteiger partial charge in [0.1, 0.15) is 0 Å². The van der Waals surface area contributed by atoms with E-state index in [2.05, 4.69) is 10.4 Å². The maximum Gasteiger partial charge on any atom is 0.287 e. The quantitative estimate of drug-likeness (QED) is 0.729. The van der Waals surface area contributed by atoms with E-state index in [0.717, 1.165) is 24.4 Å². The van der Waals surface area contributed by atoms with Crippen LogP contribution in [0.5, 0.6) is 0 Å². The van der Waals surface area contributed by atoms with Gasteiger partial charge in [0.05, 0.1) is 5.69 Å². The van der Waals surface area contributed by atoms with Gasteiger partial charge in [0.15, 0.2) is 17.2 Å². The number of furan rings is 1. The van der Waals surface area contributed by atoms with Crippen LogP contribution in [0.2, 0.25) is 0 Å². The van der Waals surface area contributed by atoms with E-state index in [1.54, 1.807) is 19.1 Å². The van der Waals surface area contributed by atoms with Gasteiger partial charge in [-0.15, -0.1) is 0 Å². The van der Waals surface area contributed by atoms with Gasteiger partial charge in [-0.3, -0.25) is 9.48 Å². The molecule has 1 aromatic carbocycles. The number of rotatable bonds is 5. The normalized spacial score (nSPS) is 11.2. The first kappa shape index (κ1) is 16.2. The molecule has 0 spiro atoms. The molecular formula is C18H20FN3O2. The van der Waals surface area contributed by atoms with Gasteiger partial charge in [-0.2, -0.15) is 5.10 Å². The van der Waals surface area contributed by atoms with Crippen LogP contribution in [0.1, 0.15) is 33.9 Å². The molecule has 0 bridgehead atoms. The molecule has 0 atom stereocenters. The summed E-state index contributed by atoms with van der Waals surface area (Å²) in [5.74, 6) is -0.614. The Kier molecular flexibility index (Phi) is 4.38. The number of para-hydroxylation sites is 1. The van der Waals surface area contributed by atoms with Crippen molar-refractivity contribution in [2.45, 2.75) is 33.7 Å². The fourth-order valence-corrected chi connectivity index (χ4v) is 2.84. The molecule has 126 valence electrons. The molecule has 3 rings (SSSR count). The highest BCUT2D eigenvalue weighted by Gasteiger charge is 2.19. The summed E-state index contributed by atoms with van der Waals surface area (Å²) < 4.78 is 21.1. The number of aromatic nitrogens is 2. The minimum atomic E-state index is -0.459. The number of benzene rings is 1. The summed E-state index contributed by atoms with van der Waals surface area (Å²) in [6.07, 6.45) is 0.751. The van der Waals surface area contributed by atoms with Gasteiger partial charge in [-0.05, 0) is 39.3 Å². The van der Waals surface area contributed by atoms with E-state index < -0.39 is 5.82 Å². The van der Waals surface area contributed by atoms with Crippen LogP contribution in [-0.4, -0.2) is 22.2 Å². The van der Waals surface area contributed by atoms with E-state index in [9.17, 15) is 9.18 Å². The number of carbonyl (C=O) groups excluding carboxylic acids is 1. The number of halogens is 1. The second-order valence-electron chi connectivity index (χ2n) is 5.93. The average molecular weight is 329 g/mol. The summed E-state index contributed by atoms with van der Waals surface area (Å²) in [7, 11) is 0. The number of hydrogen-bond donors (Lipinski definition) is 1. The lowest BCUT2D eigenvalue weighted by Crippen LogP contribution is -2.25. The van der Waals surface area contributed by atoms with E-state index in [4.69, 9.17) is 4.42 Å². The van der Waals surface area contributed by atoms with Gasteiger partial charge in [-0.1, -0.05) is 12.1 Å². The van der Waals surface area contributed by atoms with Gasteiger partial charge in [0.25, 0.3) is 5.91 Å². The van der Waals surface area contributed by atoms with Crippen LogP contribution >= 0.6 is 0 Å². The molecule has 2 aromatic heterocycles. The molecule has 5 nitrogen and oxygen atoms in total. The Bertz CT molecular complexity index is 895. The van der Waals surface area contributed by atoms with Gasteiger partial charge < -0.3 is 9.73 Å². The third kappa shape index (κ3) is 3.04. The van der Waals surface area contributed by atoms with E-state index >= 15 is 0 Å². The zero-order valence-corrected chi connectivity index (χ0v) is 14.0.